The third kappa shape index (κ3) is 1.33. The summed E-state index contributed by atoms with van der Waals surface area (Å²) in [6, 6.07) is 0. The van der Waals surface area contributed by atoms with Gasteiger partial charge in [0.15, 0.2) is 0 Å². The van der Waals surface area contributed by atoms with Gasteiger partial charge in [0, 0.05) is 5.92 Å². The van der Waals surface area contributed by atoms with E-state index in [4.69, 9.17) is 4.74 Å². The number of hydrogen-bond acceptors (Lipinski definition) is 1. The summed E-state index contributed by atoms with van der Waals surface area (Å²) in [5.41, 5.74) is 3.56. The predicted octanol–water partition coefficient (Wildman–Crippen LogP) is 3.94. The van der Waals surface area contributed by atoms with Crippen molar-refractivity contribution in [1.29, 1.82) is 0 Å². The molecule has 0 spiro atoms. The highest BCUT2D eigenvalue weighted by atomic mass is 16.5. The molecule has 0 amide bonds. The van der Waals surface area contributed by atoms with E-state index in [9.17, 15) is 0 Å². The van der Waals surface area contributed by atoms with Crippen molar-refractivity contribution < 1.29 is 4.74 Å². The number of allylic oxidation sites excluding steroid dienone is 1. The molecule has 1 saturated heterocycles. The van der Waals surface area contributed by atoms with Crippen LogP contribution in [-0.4, -0.2) is 11.7 Å². The zero-order valence-corrected chi connectivity index (χ0v) is 11.0. The Balaban J connectivity index is 2.04. The lowest BCUT2D eigenvalue weighted by Crippen LogP contribution is -2.36. The maximum absolute atomic E-state index is 6.39. The quantitative estimate of drug-likeness (QED) is 0.562. The second kappa shape index (κ2) is 3.35. The molecular weight excluding hydrogens is 196 g/mol. The minimum atomic E-state index is 0.111. The van der Waals surface area contributed by atoms with E-state index < -0.39 is 0 Å². The van der Waals surface area contributed by atoms with Crippen molar-refractivity contribution >= 4 is 0 Å². The van der Waals surface area contributed by atoms with Crippen LogP contribution in [-0.2, 0) is 4.74 Å². The Morgan fingerprint density at radius 1 is 1.19 bits per heavy atom. The van der Waals surface area contributed by atoms with Crippen molar-refractivity contribution in [2.24, 2.45) is 17.8 Å². The molecule has 3 aliphatic rings. The molecule has 90 valence electrons. The topological polar surface area (TPSA) is 9.23 Å². The van der Waals surface area contributed by atoms with Crippen molar-refractivity contribution in [3.05, 3.63) is 11.1 Å². The maximum atomic E-state index is 6.39. The van der Waals surface area contributed by atoms with Crippen molar-refractivity contribution in [3.8, 4) is 0 Å². The number of hydrogen-bond donors (Lipinski definition) is 0. The Bertz CT molecular complexity index is 339. The minimum Gasteiger partial charge on any atom is -0.371 e. The molecule has 4 atom stereocenters. The fourth-order valence-corrected chi connectivity index (χ4v) is 4.36. The Kier molecular flexibility index (Phi) is 2.27. The highest BCUT2D eigenvalue weighted by molar-refractivity contribution is 5.27. The lowest BCUT2D eigenvalue weighted by Gasteiger charge is -2.39. The van der Waals surface area contributed by atoms with E-state index in [2.05, 4.69) is 27.7 Å². The van der Waals surface area contributed by atoms with Crippen LogP contribution in [0.3, 0.4) is 0 Å². The third-order valence-corrected chi connectivity index (χ3v) is 5.33. The highest BCUT2D eigenvalue weighted by Crippen LogP contribution is 2.55. The smallest absolute Gasteiger partial charge is 0.0677 e. The van der Waals surface area contributed by atoms with Crippen LogP contribution in [0, 0.1) is 17.8 Å². The summed E-state index contributed by atoms with van der Waals surface area (Å²) in [6.45, 7) is 9.34. The largest absolute Gasteiger partial charge is 0.371 e. The van der Waals surface area contributed by atoms with Crippen LogP contribution in [0.5, 0.6) is 0 Å². The second-order valence-corrected chi connectivity index (χ2v) is 6.68. The van der Waals surface area contributed by atoms with E-state index in [0.29, 0.717) is 6.10 Å². The third-order valence-electron chi connectivity index (χ3n) is 5.33. The zero-order valence-electron chi connectivity index (χ0n) is 11.0. The number of ether oxygens (including phenoxy) is 1. The standard InChI is InChI=1S/C15H24O/c1-9-6-8-12-13-11(9)7-5-10(2)14(13)16-15(12,3)4/h10,12-14H,5-8H2,1-4H3/t10-,12-,13+,14-/m1/s1. The summed E-state index contributed by atoms with van der Waals surface area (Å²) >= 11 is 0. The van der Waals surface area contributed by atoms with Gasteiger partial charge in [-0.3, -0.25) is 0 Å². The fraction of sp³-hybridized carbons (Fsp3) is 0.867. The Morgan fingerprint density at radius 3 is 2.69 bits per heavy atom. The van der Waals surface area contributed by atoms with Gasteiger partial charge >= 0.3 is 0 Å². The molecule has 0 bridgehead atoms. The Labute approximate surface area is 99.3 Å². The normalized spacial score (nSPS) is 45.8. The lowest BCUT2D eigenvalue weighted by molar-refractivity contribution is -0.0563. The average Bonchev–Trinajstić information content (AvgIpc) is 2.49. The van der Waals surface area contributed by atoms with E-state index in [1.54, 1.807) is 11.1 Å². The SMILES string of the molecule is CC1=C2CC[C@@H](C)[C@H]3OC(C)(C)[C@H](CC1)[C@H]23. The van der Waals surface area contributed by atoms with E-state index in [-0.39, 0.29) is 5.60 Å². The summed E-state index contributed by atoms with van der Waals surface area (Å²) in [7, 11) is 0. The molecule has 2 fully saturated rings. The van der Waals surface area contributed by atoms with Crippen LogP contribution in [0.2, 0.25) is 0 Å². The highest BCUT2D eigenvalue weighted by Gasteiger charge is 2.54. The van der Waals surface area contributed by atoms with E-state index in [0.717, 1.165) is 17.8 Å². The summed E-state index contributed by atoms with van der Waals surface area (Å²) in [4.78, 5) is 0. The first kappa shape index (κ1) is 10.8. The van der Waals surface area contributed by atoms with Gasteiger partial charge in [0.2, 0.25) is 0 Å². The minimum absolute atomic E-state index is 0.111. The summed E-state index contributed by atoms with van der Waals surface area (Å²) in [5, 5.41) is 0. The summed E-state index contributed by atoms with van der Waals surface area (Å²) in [6.07, 6.45) is 5.83. The monoisotopic (exact) mass is 220 g/mol. The van der Waals surface area contributed by atoms with Crippen LogP contribution < -0.4 is 0 Å². The van der Waals surface area contributed by atoms with Gasteiger partial charge in [-0.2, -0.15) is 0 Å². The van der Waals surface area contributed by atoms with E-state index in [1.807, 2.05) is 0 Å². The van der Waals surface area contributed by atoms with Crippen LogP contribution in [0.4, 0.5) is 0 Å². The summed E-state index contributed by atoms with van der Waals surface area (Å²) < 4.78 is 6.39. The first-order valence-corrected chi connectivity index (χ1v) is 6.87. The lowest BCUT2D eigenvalue weighted by atomic mass is 9.63. The molecule has 1 heterocycles. The molecule has 0 unspecified atom stereocenters. The Morgan fingerprint density at radius 2 is 1.94 bits per heavy atom. The van der Waals surface area contributed by atoms with Crippen molar-refractivity contribution in [2.75, 3.05) is 0 Å². The fourth-order valence-electron chi connectivity index (χ4n) is 4.36. The van der Waals surface area contributed by atoms with Gasteiger partial charge in [0.1, 0.15) is 0 Å². The van der Waals surface area contributed by atoms with Gasteiger partial charge in [-0.25, -0.2) is 0 Å². The van der Waals surface area contributed by atoms with Gasteiger partial charge in [-0.05, 0) is 58.3 Å². The predicted molar refractivity (Wildman–Crippen MR) is 66.3 cm³/mol. The van der Waals surface area contributed by atoms with Gasteiger partial charge in [-0.1, -0.05) is 18.1 Å². The molecule has 16 heavy (non-hydrogen) atoms. The molecule has 2 aliphatic carbocycles. The van der Waals surface area contributed by atoms with Gasteiger partial charge in [0.05, 0.1) is 11.7 Å². The van der Waals surface area contributed by atoms with E-state index in [1.165, 1.54) is 25.7 Å². The van der Waals surface area contributed by atoms with Crippen LogP contribution in [0.15, 0.2) is 11.1 Å². The van der Waals surface area contributed by atoms with Crippen LogP contribution in [0.1, 0.15) is 53.4 Å². The molecule has 0 N–H and O–H groups in total. The molecule has 3 rings (SSSR count). The van der Waals surface area contributed by atoms with Gasteiger partial charge in [0.25, 0.3) is 0 Å². The molecule has 1 saturated carbocycles. The number of rotatable bonds is 0. The molecule has 1 aliphatic heterocycles. The van der Waals surface area contributed by atoms with Gasteiger partial charge in [-0.15, -0.1) is 0 Å². The van der Waals surface area contributed by atoms with E-state index >= 15 is 0 Å². The molecule has 1 nitrogen and oxygen atoms in total. The molecule has 0 aromatic rings. The molecule has 0 radical (unpaired) electrons. The van der Waals surface area contributed by atoms with Gasteiger partial charge < -0.3 is 4.74 Å². The van der Waals surface area contributed by atoms with Crippen LogP contribution in [0.25, 0.3) is 0 Å². The molecule has 0 aromatic carbocycles. The van der Waals surface area contributed by atoms with Crippen LogP contribution >= 0.6 is 0 Å². The average molecular weight is 220 g/mol. The zero-order chi connectivity index (χ0) is 11.5. The maximum Gasteiger partial charge on any atom is 0.0677 e. The molecular formula is C15H24O. The molecule has 1 heteroatoms. The van der Waals surface area contributed by atoms with Crippen molar-refractivity contribution in [3.63, 3.8) is 0 Å². The molecule has 0 aromatic heterocycles. The Hall–Kier alpha value is -0.300. The van der Waals surface area contributed by atoms with Crippen molar-refractivity contribution in [1.82, 2.24) is 0 Å². The summed E-state index contributed by atoms with van der Waals surface area (Å²) in [5.74, 6) is 2.29. The van der Waals surface area contributed by atoms with Crippen molar-refractivity contribution in [2.45, 2.75) is 65.1 Å². The first-order valence-electron chi connectivity index (χ1n) is 6.87. The second-order valence-electron chi connectivity index (χ2n) is 6.68. The first-order chi connectivity index (χ1) is 7.50.